The maximum atomic E-state index is 3.87. The molecule has 0 fully saturated rings. The Kier molecular flexibility index (Phi) is 6.40. The van der Waals surface area contributed by atoms with Crippen LogP contribution < -0.4 is 5.32 Å². The SMILES string of the molecule is CCCCCCCCNC1(C)c2cc(Br)ccc2-c2ccc(Br)cc21. The second-order valence-electron chi connectivity index (χ2n) is 7.20. The molecule has 0 aliphatic heterocycles. The fraction of sp³-hybridized carbons (Fsp3) is 0.455. The molecule has 1 aliphatic rings. The Morgan fingerprint density at radius 3 is 1.88 bits per heavy atom. The number of hydrogen-bond donors (Lipinski definition) is 1. The molecule has 134 valence electrons. The van der Waals surface area contributed by atoms with Gasteiger partial charge in [0.15, 0.2) is 0 Å². The first-order chi connectivity index (χ1) is 12.1. The first-order valence-corrected chi connectivity index (χ1v) is 11.0. The van der Waals surface area contributed by atoms with Gasteiger partial charge in [-0.1, -0.05) is 83.0 Å². The summed E-state index contributed by atoms with van der Waals surface area (Å²) in [6.45, 7) is 5.65. The molecule has 0 bridgehead atoms. The van der Waals surface area contributed by atoms with Crippen LogP contribution in [0.15, 0.2) is 45.3 Å². The molecule has 1 aliphatic carbocycles. The molecular weight excluding hydrogens is 438 g/mol. The van der Waals surface area contributed by atoms with Gasteiger partial charge in [0.05, 0.1) is 5.54 Å². The highest BCUT2D eigenvalue weighted by atomic mass is 79.9. The van der Waals surface area contributed by atoms with E-state index in [4.69, 9.17) is 0 Å². The van der Waals surface area contributed by atoms with E-state index in [1.54, 1.807) is 0 Å². The second kappa shape index (κ2) is 8.37. The molecule has 3 heteroatoms. The Balaban J connectivity index is 1.77. The monoisotopic (exact) mass is 463 g/mol. The lowest BCUT2D eigenvalue weighted by atomic mass is 9.89. The van der Waals surface area contributed by atoms with Crippen LogP contribution in [-0.2, 0) is 5.54 Å². The van der Waals surface area contributed by atoms with Crippen LogP contribution in [0.4, 0.5) is 0 Å². The van der Waals surface area contributed by atoms with E-state index < -0.39 is 0 Å². The van der Waals surface area contributed by atoms with E-state index in [1.807, 2.05) is 0 Å². The van der Waals surface area contributed by atoms with Gasteiger partial charge in [0.2, 0.25) is 0 Å². The molecule has 0 saturated heterocycles. The summed E-state index contributed by atoms with van der Waals surface area (Å²) >= 11 is 7.31. The quantitative estimate of drug-likeness (QED) is 0.401. The first kappa shape index (κ1) is 19.1. The van der Waals surface area contributed by atoms with E-state index in [-0.39, 0.29) is 5.54 Å². The Morgan fingerprint density at radius 2 is 1.32 bits per heavy atom. The number of unbranched alkanes of at least 4 members (excludes halogenated alkanes) is 5. The normalized spacial score (nSPS) is 14.4. The number of halogens is 2. The fourth-order valence-electron chi connectivity index (χ4n) is 3.91. The third-order valence-corrected chi connectivity index (χ3v) is 6.33. The van der Waals surface area contributed by atoms with Gasteiger partial charge < -0.3 is 5.32 Å². The summed E-state index contributed by atoms with van der Waals surface area (Å²) < 4.78 is 2.29. The zero-order valence-electron chi connectivity index (χ0n) is 15.2. The Labute approximate surface area is 168 Å². The number of hydrogen-bond acceptors (Lipinski definition) is 1. The zero-order chi connectivity index (χ0) is 17.9. The average Bonchev–Trinajstić information content (AvgIpc) is 2.83. The number of benzene rings is 2. The van der Waals surface area contributed by atoms with Crippen molar-refractivity contribution in [2.45, 2.75) is 57.9 Å². The molecule has 2 aromatic carbocycles. The van der Waals surface area contributed by atoms with Gasteiger partial charge in [-0.2, -0.15) is 0 Å². The van der Waals surface area contributed by atoms with Gasteiger partial charge >= 0.3 is 0 Å². The van der Waals surface area contributed by atoms with E-state index in [0.717, 1.165) is 15.5 Å². The smallest absolute Gasteiger partial charge is 0.0674 e. The van der Waals surface area contributed by atoms with Crippen LogP contribution in [0.3, 0.4) is 0 Å². The maximum absolute atomic E-state index is 3.87. The van der Waals surface area contributed by atoms with Crippen molar-refractivity contribution < 1.29 is 0 Å². The summed E-state index contributed by atoms with van der Waals surface area (Å²) in [5.41, 5.74) is 5.33. The van der Waals surface area contributed by atoms with Gasteiger partial charge in [0.25, 0.3) is 0 Å². The first-order valence-electron chi connectivity index (χ1n) is 9.41. The second-order valence-corrected chi connectivity index (χ2v) is 9.03. The minimum absolute atomic E-state index is 0.123. The number of fused-ring (bicyclic) bond motifs is 3. The Bertz CT molecular complexity index is 687. The van der Waals surface area contributed by atoms with Gasteiger partial charge in [0.1, 0.15) is 0 Å². The molecule has 0 radical (unpaired) electrons. The van der Waals surface area contributed by atoms with E-state index in [9.17, 15) is 0 Å². The van der Waals surface area contributed by atoms with Crippen molar-refractivity contribution in [3.05, 3.63) is 56.5 Å². The highest BCUT2D eigenvalue weighted by Gasteiger charge is 2.39. The predicted molar refractivity (Wildman–Crippen MR) is 115 cm³/mol. The zero-order valence-corrected chi connectivity index (χ0v) is 18.3. The molecular formula is C22H27Br2N. The van der Waals surface area contributed by atoms with Gasteiger partial charge in [-0.25, -0.2) is 0 Å². The summed E-state index contributed by atoms with van der Waals surface area (Å²) in [4.78, 5) is 0. The minimum atomic E-state index is -0.123. The highest BCUT2D eigenvalue weighted by molar-refractivity contribution is 9.10. The lowest BCUT2D eigenvalue weighted by molar-refractivity contribution is 0.434. The molecule has 0 saturated carbocycles. The van der Waals surface area contributed by atoms with Gasteiger partial charge in [0, 0.05) is 8.95 Å². The molecule has 0 spiro atoms. The molecule has 3 rings (SSSR count). The van der Waals surface area contributed by atoms with Gasteiger partial charge in [-0.05, 0) is 66.4 Å². The Hall–Kier alpha value is -0.640. The molecule has 1 nitrogen and oxygen atoms in total. The van der Waals surface area contributed by atoms with Crippen molar-refractivity contribution in [2.24, 2.45) is 0 Å². The Morgan fingerprint density at radius 1 is 0.800 bits per heavy atom. The third-order valence-electron chi connectivity index (χ3n) is 5.34. The third kappa shape index (κ3) is 4.04. The van der Waals surface area contributed by atoms with Crippen LogP contribution in [0, 0.1) is 0 Å². The summed E-state index contributed by atoms with van der Waals surface area (Å²) in [5, 5.41) is 3.87. The molecule has 0 amide bonds. The van der Waals surface area contributed by atoms with Crippen LogP contribution in [-0.4, -0.2) is 6.54 Å². The molecule has 25 heavy (non-hydrogen) atoms. The van der Waals surface area contributed by atoms with Crippen LogP contribution in [0.5, 0.6) is 0 Å². The number of rotatable bonds is 8. The summed E-state index contributed by atoms with van der Waals surface area (Å²) in [6.07, 6.45) is 7.98. The van der Waals surface area contributed by atoms with Crippen molar-refractivity contribution >= 4 is 31.9 Å². The largest absolute Gasteiger partial charge is 0.304 e. The maximum Gasteiger partial charge on any atom is 0.0674 e. The van der Waals surface area contributed by atoms with E-state index in [2.05, 4.69) is 87.4 Å². The van der Waals surface area contributed by atoms with Crippen LogP contribution in [0.2, 0.25) is 0 Å². The van der Waals surface area contributed by atoms with Crippen molar-refractivity contribution in [3.8, 4) is 11.1 Å². The molecule has 2 aromatic rings. The molecule has 1 N–H and O–H groups in total. The average molecular weight is 465 g/mol. The van der Waals surface area contributed by atoms with Crippen molar-refractivity contribution in [1.82, 2.24) is 5.32 Å². The predicted octanol–water partition coefficient (Wildman–Crippen LogP) is 7.41. The molecule has 0 heterocycles. The summed E-state index contributed by atoms with van der Waals surface area (Å²) in [6, 6.07) is 13.3. The van der Waals surface area contributed by atoms with E-state index in [1.165, 1.54) is 60.8 Å². The fourth-order valence-corrected chi connectivity index (χ4v) is 4.63. The van der Waals surface area contributed by atoms with Crippen molar-refractivity contribution in [1.29, 1.82) is 0 Å². The van der Waals surface area contributed by atoms with Crippen LogP contribution in [0.25, 0.3) is 11.1 Å². The minimum Gasteiger partial charge on any atom is -0.304 e. The van der Waals surface area contributed by atoms with E-state index in [0.29, 0.717) is 0 Å². The lowest BCUT2D eigenvalue weighted by Gasteiger charge is -2.29. The topological polar surface area (TPSA) is 12.0 Å². The molecule has 0 atom stereocenters. The van der Waals surface area contributed by atoms with Crippen LogP contribution in [0.1, 0.15) is 63.5 Å². The number of nitrogens with one attached hydrogen (secondary N) is 1. The van der Waals surface area contributed by atoms with E-state index >= 15 is 0 Å². The summed E-state index contributed by atoms with van der Waals surface area (Å²) in [5.74, 6) is 0. The van der Waals surface area contributed by atoms with Gasteiger partial charge in [-0.3, -0.25) is 0 Å². The van der Waals surface area contributed by atoms with Gasteiger partial charge in [-0.15, -0.1) is 0 Å². The molecule has 0 aromatic heterocycles. The molecule has 0 unspecified atom stereocenters. The van der Waals surface area contributed by atoms with Crippen molar-refractivity contribution in [2.75, 3.05) is 6.54 Å². The van der Waals surface area contributed by atoms with Crippen LogP contribution >= 0.6 is 31.9 Å². The standard InChI is InChI=1S/C22H27Br2N/c1-3-4-5-6-7-8-13-25-22(2)20-14-16(23)9-11-18(20)19-12-10-17(24)15-21(19)22/h9-12,14-15,25H,3-8,13H2,1-2H3. The summed E-state index contributed by atoms with van der Waals surface area (Å²) in [7, 11) is 0. The lowest BCUT2D eigenvalue weighted by Crippen LogP contribution is -2.39. The van der Waals surface area contributed by atoms with Crippen molar-refractivity contribution in [3.63, 3.8) is 0 Å². The highest BCUT2D eigenvalue weighted by Crippen LogP contribution is 2.48.